The van der Waals surface area contributed by atoms with Gasteiger partial charge < -0.3 is 4.90 Å². The molecule has 4 rings (SSSR count). The molecule has 31 heavy (non-hydrogen) atoms. The number of anilines is 1. The van der Waals surface area contributed by atoms with Crippen LogP contribution in [0.15, 0.2) is 89.8 Å². The third kappa shape index (κ3) is 5.33. The highest BCUT2D eigenvalue weighted by molar-refractivity contribution is 7.92. The lowest BCUT2D eigenvalue weighted by Gasteiger charge is -2.32. The molecule has 160 valence electrons. The van der Waals surface area contributed by atoms with E-state index in [4.69, 9.17) is 0 Å². The SMILES string of the molecule is O=C(c1cccc(S(=O)(=O)Nc2ccccc2)c1)N1CCC(Cc2ccccc2)CC1. The van der Waals surface area contributed by atoms with E-state index in [9.17, 15) is 13.2 Å². The number of likely N-dealkylation sites (tertiary alicyclic amines) is 1. The van der Waals surface area contributed by atoms with Gasteiger partial charge >= 0.3 is 0 Å². The van der Waals surface area contributed by atoms with E-state index in [1.165, 1.54) is 17.7 Å². The molecular formula is C25H26N2O3S. The Morgan fingerprint density at radius 2 is 1.52 bits per heavy atom. The summed E-state index contributed by atoms with van der Waals surface area (Å²) in [6, 6.07) is 25.4. The smallest absolute Gasteiger partial charge is 0.261 e. The average Bonchev–Trinajstić information content (AvgIpc) is 2.80. The number of hydrogen-bond donors (Lipinski definition) is 1. The number of sulfonamides is 1. The van der Waals surface area contributed by atoms with Gasteiger partial charge in [-0.1, -0.05) is 54.6 Å². The molecule has 1 aliphatic heterocycles. The van der Waals surface area contributed by atoms with Crippen LogP contribution < -0.4 is 4.72 Å². The first kappa shape index (κ1) is 21.1. The van der Waals surface area contributed by atoms with E-state index in [0.717, 1.165) is 19.3 Å². The van der Waals surface area contributed by atoms with E-state index in [0.29, 0.717) is 30.3 Å². The molecule has 0 spiro atoms. The molecule has 0 bridgehead atoms. The summed E-state index contributed by atoms with van der Waals surface area (Å²) in [5.74, 6) is 0.447. The van der Waals surface area contributed by atoms with Crippen molar-refractivity contribution in [3.05, 3.63) is 96.1 Å². The number of benzene rings is 3. The van der Waals surface area contributed by atoms with Gasteiger partial charge in [-0.3, -0.25) is 9.52 Å². The molecule has 1 heterocycles. The van der Waals surface area contributed by atoms with Crippen LogP contribution in [0.5, 0.6) is 0 Å². The molecule has 1 N–H and O–H groups in total. The molecule has 1 amide bonds. The van der Waals surface area contributed by atoms with E-state index in [1.54, 1.807) is 36.4 Å². The van der Waals surface area contributed by atoms with Gasteiger partial charge in [0.2, 0.25) is 0 Å². The maximum Gasteiger partial charge on any atom is 0.261 e. The van der Waals surface area contributed by atoms with Gasteiger partial charge in [-0.15, -0.1) is 0 Å². The van der Waals surface area contributed by atoms with Crippen molar-refractivity contribution >= 4 is 21.6 Å². The Kier molecular flexibility index (Phi) is 6.37. The van der Waals surface area contributed by atoms with Crippen LogP contribution in [0.1, 0.15) is 28.8 Å². The standard InChI is InChI=1S/C25H26N2O3S/c28-25(27-16-14-21(15-17-27)18-20-8-3-1-4-9-20)22-10-7-13-24(19-22)31(29,30)26-23-11-5-2-6-12-23/h1-13,19,21,26H,14-18H2. The minimum absolute atomic E-state index is 0.0844. The second-order valence-electron chi connectivity index (χ2n) is 7.92. The Morgan fingerprint density at radius 3 is 2.19 bits per heavy atom. The predicted octanol–water partition coefficient (Wildman–Crippen LogP) is 4.58. The molecule has 0 aromatic heterocycles. The number of piperidine rings is 1. The molecule has 1 saturated heterocycles. The summed E-state index contributed by atoms with van der Waals surface area (Å²) >= 11 is 0. The van der Waals surface area contributed by atoms with Crippen molar-refractivity contribution in [1.29, 1.82) is 0 Å². The molecule has 0 saturated carbocycles. The fourth-order valence-corrected chi connectivity index (χ4v) is 5.09. The van der Waals surface area contributed by atoms with Crippen LogP contribution in [0, 0.1) is 5.92 Å². The van der Waals surface area contributed by atoms with Crippen molar-refractivity contribution < 1.29 is 13.2 Å². The molecule has 3 aromatic carbocycles. The monoisotopic (exact) mass is 434 g/mol. The Hall–Kier alpha value is -3.12. The van der Waals surface area contributed by atoms with Gasteiger partial charge in [0.1, 0.15) is 0 Å². The maximum absolute atomic E-state index is 13.0. The first-order chi connectivity index (χ1) is 15.0. The third-order valence-electron chi connectivity index (χ3n) is 5.69. The van der Waals surface area contributed by atoms with Crippen LogP contribution in [0.2, 0.25) is 0 Å². The summed E-state index contributed by atoms with van der Waals surface area (Å²) in [5, 5.41) is 0. The van der Waals surface area contributed by atoms with E-state index >= 15 is 0 Å². The van der Waals surface area contributed by atoms with Crippen molar-refractivity contribution in [3.8, 4) is 0 Å². The van der Waals surface area contributed by atoms with E-state index in [2.05, 4.69) is 29.0 Å². The summed E-state index contributed by atoms with van der Waals surface area (Å²) in [5.41, 5.74) is 2.22. The molecule has 5 nitrogen and oxygen atoms in total. The quantitative estimate of drug-likeness (QED) is 0.617. The van der Waals surface area contributed by atoms with Gasteiger partial charge in [-0.25, -0.2) is 8.42 Å². The first-order valence-electron chi connectivity index (χ1n) is 10.5. The van der Waals surface area contributed by atoms with E-state index in [1.807, 2.05) is 17.0 Å². The number of nitrogens with zero attached hydrogens (tertiary/aromatic N) is 1. The molecule has 6 heteroatoms. The molecule has 0 radical (unpaired) electrons. The Bertz CT molecular complexity index is 1120. The van der Waals surface area contributed by atoms with Crippen LogP contribution in [0.4, 0.5) is 5.69 Å². The van der Waals surface area contributed by atoms with Crippen molar-refractivity contribution in [2.24, 2.45) is 5.92 Å². The second-order valence-corrected chi connectivity index (χ2v) is 9.61. The van der Waals surface area contributed by atoms with Gasteiger partial charge in [0.15, 0.2) is 0 Å². The zero-order valence-electron chi connectivity index (χ0n) is 17.3. The van der Waals surface area contributed by atoms with Gasteiger partial charge in [0, 0.05) is 24.3 Å². The minimum atomic E-state index is -3.76. The number of carbonyl (C=O) groups excluding carboxylic acids is 1. The molecule has 1 aliphatic rings. The molecule has 0 unspecified atom stereocenters. The Labute approximate surface area is 183 Å². The summed E-state index contributed by atoms with van der Waals surface area (Å²) in [6.07, 6.45) is 2.93. The largest absolute Gasteiger partial charge is 0.339 e. The molecule has 0 aliphatic carbocycles. The lowest BCUT2D eigenvalue weighted by molar-refractivity contribution is 0.0690. The van der Waals surface area contributed by atoms with E-state index < -0.39 is 10.0 Å². The average molecular weight is 435 g/mol. The number of carbonyl (C=O) groups is 1. The zero-order chi connectivity index (χ0) is 21.7. The predicted molar refractivity (Wildman–Crippen MR) is 122 cm³/mol. The van der Waals surface area contributed by atoms with Crippen LogP contribution in [-0.2, 0) is 16.4 Å². The number of rotatable bonds is 6. The minimum Gasteiger partial charge on any atom is -0.339 e. The lowest BCUT2D eigenvalue weighted by atomic mass is 9.90. The molecule has 1 fully saturated rings. The zero-order valence-corrected chi connectivity index (χ0v) is 18.1. The number of amides is 1. The van der Waals surface area contributed by atoms with Crippen LogP contribution >= 0.6 is 0 Å². The van der Waals surface area contributed by atoms with Crippen LogP contribution in [-0.4, -0.2) is 32.3 Å². The molecular weight excluding hydrogens is 408 g/mol. The highest BCUT2D eigenvalue weighted by Crippen LogP contribution is 2.24. The topological polar surface area (TPSA) is 66.5 Å². The summed E-state index contributed by atoms with van der Waals surface area (Å²) in [7, 11) is -3.76. The number of para-hydroxylation sites is 1. The summed E-state index contributed by atoms with van der Waals surface area (Å²) in [4.78, 5) is 14.9. The fourth-order valence-electron chi connectivity index (χ4n) is 3.99. The fraction of sp³-hybridized carbons (Fsp3) is 0.240. The van der Waals surface area contributed by atoms with E-state index in [-0.39, 0.29) is 10.8 Å². The Morgan fingerprint density at radius 1 is 0.871 bits per heavy atom. The molecule has 3 aromatic rings. The van der Waals surface area contributed by atoms with Crippen LogP contribution in [0.3, 0.4) is 0 Å². The van der Waals surface area contributed by atoms with Crippen molar-refractivity contribution in [2.45, 2.75) is 24.2 Å². The van der Waals surface area contributed by atoms with Gasteiger partial charge in [0.25, 0.3) is 15.9 Å². The van der Waals surface area contributed by atoms with Crippen LogP contribution in [0.25, 0.3) is 0 Å². The Balaban J connectivity index is 1.40. The van der Waals surface area contributed by atoms with Crippen molar-refractivity contribution in [2.75, 3.05) is 17.8 Å². The third-order valence-corrected chi connectivity index (χ3v) is 7.07. The van der Waals surface area contributed by atoms with Gasteiger partial charge in [-0.05, 0) is 61.1 Å². The summed E-state index contributed by atoms with van der Waals surface area (Å²) < 4.78 is 28.0. The van der Waals surface area contributed by atoms with Gasteiger partial charge in [-0.2, -0.15) is 0 Å². The number of nitrogens with one attached hydrogen (secondary N) is 1. The first-order valence-corrected chi connectivity index (χ1v) is 12.0. The number of hydrogen-bond acceptors (Lipinski definition) is 3. The lowest BCUT2D eigenvalue weighted by Crippen LogP contribution is -2.39. The molecule has 0 atom stereocenters. The second kappa shape index (κ2) is 9.35. The normalized spacial score (nSPS) is 14.9. The maximum atomic E-state index is 13.0. The highest BCUT2D eigenvalue weighted by Gasteiger charge is 2.25. The van der Waals surface area contributed by atoms with Gasteiger partial charge in [0.05, 0.1) is 4.90 Å². The summed E-state index contributed by atoms with van der Waals surface area (Å²) in [6.45, 7) is 1.38. The van der Waals surface area contributed by atoms with Crippen molar-refractivity contribution in [1.82, 2.24) is 4.90 Å². The highest BCUT2D eigenvalue weighted by atomic mass is 32.2. The van der Waals surface area contributed by atoms with Crippen molar-refractivity contribution in [3.63, 3.8) is 0 Å².